The number of hydrogen-bond donors (Lipinski definition) is 0. The van der Waals surface area contributed by atoms with Gasteiger partial charge in [0.15, 0.2) is 0 Å². The Labute approximate surface area is 121 Å². The molecule has 0 radical (unpaired) electrons. The molecule has 4 heteroatoms. The number of hydrogen-bond acceptors (Lipinski definition) is 3. The first-order chi connectivity index (χ1) is 9.29. The summed E-state index contributed by atoms with van der Waals surface area (Å²) in [6.07, 6.45) is 4.45. The fraction of sp³-hybridized carbons (Fsp3) is 0.600. The van der Waals surface area contributed by atoms with E-state index >= 15 is 0 Å². The molecule has 1 atom stereocenters. The van der Waals surface area contributed by atoms with Gasteiger partial charge in [-0.15, -0.1) is 0 Å². The first-order valence-electron chi connectivity index (χ1n) is 7.37. The second-order valence-corrected chi connectivity index (χ2v) is 14.4. The molecular formula is C15H24O3Sn. The van der Waals surface area contributed by atoms with Gasteiger partial charge in [-0.2, -0.15) is 0 Å². The normalized spacial score (nSPS) is 21.7. The number of unbranched alkanes of at least 4 members (excludes halogenated alkanes) is 2. The third kappa shape index (κ3) is 4.18. The van der Waals surface area contributed by atoms with Crippen molar-refractivity contribution in [1.82, 2.24) is 0 Å². The van der Waals surface area contributed by atoms with E-state index in [1.54, 1.807) is 0 Å². The fourth-order valence-electron chi connectivity index (χ4n) is 2.32. The summed E-state index contributed by atoms with van der Waals surface area (Å²) in [5, 5.41) is 0. The van der Waals surface area contributed by atoms with Crippen LogP contribution in [0, 0.1) is 0 Å². The van der Waals surface area contributed by atoms with Crippen LogP contribution in [0.1, 0.15) is 51.4 Å². The molecule has 1 saturated heterocycles. The average molecular weight is 371 g/mol. The molecule has 1 aliphatic rings. The Morgan fingerprint density at radius 2 is 1.63 bits per heavy atom. The van der Waals surface area contributed by atoms with Gasteiger partial charge in [0.1, 0.15) is 0 Å². The predicted molar refractivity (Wildman–Crippen MR) is 77.6 cm³/mol. The van der Waals surface area contributed by atoms with Gasteiger partial charge in [-0.3, -0.25) is 0 Å². The maximum atomic E-state index is 6.30. The molecule has 1 heterocycles. The van der Waals surface area contributed by atoms with E-state index < -0.39 is 19.2 Å². The van der Waals surface area contributed by atoms with Crippen LogP contribution in [0.15, 0.2) is 30.3 Å². The van der Waals surface area contributed by atoms with E-state index in [4.69, 9.17) is 11.2 Å². The van der Waals surface area contributed by atoms with Gasteiger partial charge < -0.3 is 0 Å². The van der Waals surface area contributed by atoms with Crippen molar-refractivity contribution < 1.29 is 11.2 Å². The quantitative estimate of drug-likeness (QED) is 0.514. The van der Waals surface area contributed by atoms with E-state index in [1.165, 1.54) is 25.7 Å². The van der Waals surface area contributed by atoms with Crippen LogP contribution in [0.25, 0.3) is 0 Å². The number of benzene rings is 1. The summed E-state index contributed by atoms with van der Waals surface area (Å²) in [5.74, 6) is 0. The van der Waals surface area contributed by atoms with Crippen LogP contribution in [0.2, 0.25) is 8.87 Å². The summed E-state index contributed by atoms with van der Waals surface area (Å²) in [7, 11) is 0. The molecule has 0 unspecified atom stereocenters. The molecule has 0 saturated carbocycles. The van der Waals surface area contributed by atoms with Crippen molar-refractivity contribution in [3.8, 4) is 0 Å². The van der Waals surface area contributed by atoms with Gasteiger partial charge >= 0.3 is 121 Å². The standard InChI is InChI=1S/C7H7O3.2C4H9.Sn/c8-7(10-9)6-4-2-1-3-5-6;2*1-3-4-2;/h1-5,7,9H;2*1,3-4H2,2H3;/q-1;;;+2/p-1/t7-;;;/m1.../s1. The monoisotopic (exact) mass is 372 g/mol. The van der Waals surface area contributed by atoms with Gasteiger partial charge in [0.2, 0.25) is 0 Å². The Morgan fingerprint density at radius 3 is 2.21 bits per heavy atom. The molecule has 106 valence electrons. The first kappa shape index (κ1) is 15.3. The Morgan fingerprint density at radius 1 is 1.00 bits per heavy atom. The van der Waals surface area contributed by atoms with Gasteiger partial charge in [0, 0.05) is 0 Å². The minimum absolute atomic E-state index is 0.300. The third-order valence-corrected chi connectivity index (χ3v) is 12.8. The molecule has 1 fully saturated rings. The van der Waals surface area contributed by atoms with Crippen molar-refractivity contribution in [1.29, 1.82) is 0 Å². The average Bonchev–Trinajstić information content (AvgIpc) is 2.89. The summed E-state index contributed by atoms with van der Waals surface area (Å²) in [6, 6.07) is 10.1. The second kappa shape index (κ2) is 7.62. The summed E-state index contributed by atoms with van der Waals surface area (Å²) >= 11 is -2.96. The topological polar surface area (TPSA) is 27.7 Å². The van der Waals surface area contributed by atoms with Gasteiger partial charge in [0.25, 0.3) is 0 Å². The van der Waals surface area contributed by atoms with Crippen LogP contribution in [0.3, 0.4) is 0 Å². The Kier molecular flexibility index (Phi) is 6.13. The Hall–Kier alpha value is -0.101. The molecule has 2 rings (SSSR count). The Bertz CT molecular complexity index is 361. The van der Waals surface area contributed by atoms with E-state index in [0.29, 0.717) is 0 Å². The molecule has 3 nitrogen and oxygen atoms in total. The first-order valence-corrected chi connectivity index (χ1v) is 13.7. The van der Waals surface area contributed by atoms with Gasteiger partial charge in [0.05, 0.1) is 0 Å². The summed E-state index contributed by atoms with van der Waals surface area (Å²) in [5.41, 5.74) is 1.06. The maximum absolute atomic E-state index is 6.30. The van der Waals surface area contributed by atoms with Gasteiger partial charge in [-0.05, 0) is 0 Å². The van der Waals surface area contributed by atoms with Crippen molar-refractivity contribution in [2.24, 2.45) is 0 Å². The van der Waals surface area contributed by atoms with Crippen molar-refractivity contribution >= 4 is 19.2 Å². The summed E-state index contributed by atoms with van der Waals surface area (Å²) in [4.78, 5) is 5.52. The molecule has 19 heavy (non-hydrogen) atoms. The molecule has 1 aromatic rings. The molecular weight excluding hydrogens is 347 g/mol. The summed E-state index contributed by atoms with van der Waals surface area (Å²) in [6.45, 7) is 4.42. The van der Waals surface area contributed by atoms with Crippen molar-refractivity contribution in [2.45, 2.75) is 54.7 Å². The molecule has 0 N–H and O–H groups in total. The molecule has 0 amide bonds. The van der Waals surface area contributed by atoms with Crippen LogP contribution in [0.5, 0.6) is 0 Å². The van der Waals surface area contributed by atoms with Crippen molar-refractivity contribution in [2.75, 3.05) is 0 Å². The van der Waals surface area contributed by atoms with Crippen LogP contribution in [-0.4, -0.2) is 19.2 Å². The van der Waals surface area contributed by atoms with Crippen LogP contribution >= 0.6 is 0 Å². The van der Waals surface area contributed by atoms with E-state index in [0.717, 1.165) is 14.4 Å². The summed E-state index contributed by atoms with van der Waals surface area (Å²) < 4.78 is 14.3. The van der Waals surface area contributed by atoms with E-state index in [1.807, 2.05) is 30.3 Å². The van der Waals surface area contributed by atoms with Crippen molar-refractivity contribution in [3.63, 3.8) is 0 Å². The fourth-order valence-corrected chi connectivity index (χ4v) is 11.7. The van der Waals surface area contributed by atoms with E-state index in [2.05, 4.69) is 13.8 Å². The van der Waals surface area contributed by atoms with E-state index in [-0.39, 0.29) is 6.29 Å². The van der Waals surface area contributed by atoms with Crippen LogP contribution in [0.4, 0.5) is 0 Å². The molecule has 0 spiro atoms. The van der Waals surface area contributed by atoms with Crippen LogP contribution in [-0.2, 0) is 11.2 Å². The second-order valence-electron chi connectivity index (χ2n) is 5.16. The number of rotatable bonds is 7. The zero-order valence-electron chi connectivity index (χ0n) is 11.9. The molecule has 1 aliphatic heterocycles. The van der Waals surface area contributed by atoms with E-state index in [9.17, 15) is 0 Å². The molecule has 0 aliphatic carbocycles. The minimum atomic E-state index is -2.96. The molecule has 1 aromatic carbocycles. The SMILES string of the molecule is CCC[CH2][Sn]1([CH2]CCC)[O]O[C@H](c2ccccc2)[O]1. The molecule has 0 aromatic heterocycles. The van der Waals surface area contributed by atoms with Crippen LogP contribution < -0.4 is 0 Å². The van der Waals surface area contributed by atoms with Gasteiger partial charge in [-0.1, -0.05) is 0 Å². The van der Waals surface area contributed by atoms with Crippen molar-refractivity contribution in [3.05, 3.63) is 35.9 Å². The van der Waals surface area contributed by atoms with Gasteiger partial charge in [-0.25, -0.2) is 0 Å². The Balaban J connectivity index is 2.01. The zero-order chi connectivity index (χ0) is 13.6. The molecule has 0 bridgehead atoms. The zero-order valence-corrected chi connectivity index (χ0v) is 14.8. The third-order valence-electron chi connectivity index (χ3n) is 3.50. The predicted octanol–water partition coefficient (Wildman–Crippen LogP) is 4.71.